The molecule has 2 heterocycles. The summed E-state index contributed by atoms with van der Waals surface area (Å²) in [7, 11) is 3.19. The molecule has 1 aliphatic rings. The molecule has 0 spiro atoms. The zero-order valence-corrected chi connectivity index (χ0v) is 14.5. The van der Waals surface area contributed by atoms with Gasteiger partial charge in [0.2, 0.25) is 5.88 Å². The molecule has 0 unspecified atom stereocenters. The van der Waals surface area contributed by atoms with Crippen LogP contribution in [0.5, 0.6) is 5.88 Å². The number of aromatic nitrogens is 2. The van der Waals surface area contributed by atoms with Crippen LogP contribution in [0.1, 0.15) is 16.2 Å². The van der Waals surface area contributed by atoms with Gasteiger partial charge in [0, 0.05) is 44.9 Å². The van der Waals surface area contributed by atoms with Gasteiger partial charge in [0.15, 0.2) is 5.82 Å². The first-order chi connectivity index (χ1) is 12.2. The maximum absolute atomic E-state index is 12.5. The molecule has 2 aromatic rings. The zero-order valence-electron chi connectivity index (χ0n) is 14.5. The number of nitrogens with zero attached hydrogens (tertiary/aromatic N) is 4. The Kier molecular flexibility index (Phi) is 5.45. The molecule has 1 aromatic carbocycles. The van der Waals surface area contributed by atoms with Gasteiger partial charge >= 0.3 is 0 Å². The van der Waals surface area contributed by atoms with Crippen LogP contribution in [0.4, 0.5) is 5.82 Å². The van der Waals surface area contributed by atoms with E-state index >= 15 is 0 Å². The summed E-state index contributed by atoms with van der Waals surface area (Å²) >= 11 is 0. The zero-order chi connectivity index (χ0) is 17.6. The van der Waals surface area contributed by atoms with Crippen LogP contribution in [0.15, 0.2) is 36.4 Å². The largest absolute Gasteiger partial charge is 0.481 e. The number of piperazine rings is 1. The molecule has 1 amide bonds. The molecule has 0 radical (unpaired) electrons. The van der Waals surface area contributed by atoms with E-state index in [2.05, 4.69) is 14.9 Å². The number of rotatable bonds is 5. The van der Waals surface area contributed by atoms with Crippen molar-refractivity contribution >= 4 is 11.7 Å². The van der Waals surface area contributed by atoms with Crippen LogP contribution < -0.4 is 9.64 Å². The van der Waals surface area contributed by atoms with E-state index < -0.39 is 0 Å². The molecule has 132 valence electrons. The quantitative estimate of drug-likeness (QED) is 0.822. The van der Waals surface area contributed by atoms with Crippen molar-refractivity contribution in [3.63, 3.8) is 0 Å². The second-order valence-electron chi connectivity index (χ2n) is 5.76. The highest BCUT2D eigenvalue weighted by atomic mass is 16.5. The number of ether oxygens (including phenoxy) is 2. The van der Waals surface area contributed by atoms with Crippen LogP contribution in [-0.4, -0.2) is 61.2 Å². The normalized spacial score (nSPS) is 14.5. The lowest BCUT2D eigenvalue weighted by Gasteiger charge is -2.35. The number of methoxy groups -OCH3 is 2. The van der Waals surface area contributed by atoms with Crippen LogP contribution >= 0.6 is 0 Å². The van der Waals surface area contributed by atoms with E-state index in [0.717, 1.165) is 11.4 Å². The number of hydrogen-bond donors (Lipinski definition) is 0. The van der Waals surface area contributed by atoms with Gasteiger partial charge in [-0.15, -0.1) is 0 Å². The predicted molar refractivity (Wildman–Crippen MR) is 93.9 cm³/mol. The maximum Gasteiger partial charge on any atom is 0.253 e. The number of carbonyl (C=O) groups is 1. The van der Waals surface area contributed by atoms with E-state index in [9.17, 15) is 4.79 Å². The average molecular weight is 342 g/mol. The summed E-state index contributed by atoms with van der Waals surface area (Å²) in [5.41, 5.74) is 0.724. The Balaban J connectivity index is 1.68. The van der Waals surface area contributed by atoms with Crippen molar-refractivity contribution in [1.82, 2.24) is 14.9 Å². The lowest BCUT2D eigenvalue weighted by Crippen LogP contribution is -2.49. The van der Waals surface area contributed by atoms with Crippen molar-refractivity contribution in [3.8, 4) is 5.88 Å². The molecule has 7 heteroatoms. The van der Waals surface area contributed by atoms with Crippen molar-refractivity contribution in [2.24, 2.45) is 0 Å². The molecule has 3 rings (SSSR count). The van der Waals surface area contributed by atoms with Gasteiger partial charge in [-0.2, -0.15) is 4.98 Å². The summed E-state index contributed by atoms with van der Waals surface area (Å²) in [6.45, 7) is 3.06. The van der Waals surface area contributed by atoms with Gasteiger partial charge in [0.05, 0.1) is 7.11 Å². The maximum atomic E-state index is 12.5. The molecular weight excluding hydrogens is 320 g/mol. The fraction of sp³-hybridized carbons (Fsp3) is 0.389. The summed E-state index contributed by atoms with van der Waals surface area (Å²) in [6, 6.07) is 11.2. The Morgan fingerprint density at radius 2 is 1.80 bits per heavy atom. The van der Waals surface area contributed by atoms with Crippen LogP contribution in [0.2, 0.25) is 0 Å². The van der Waals surface area contributed by atoms with Crippen LogP contribution in [0.25, 0.3) is 0 Å². The lowest BCUT2D eigenvalue weighted by atomic mass is 10.2. The topological polar surface area (TPSA) is 67.8 Å². The summed E-state index contributed by atoms with van der Waals surface area (Å²) in [6.07, 6.45) is 0. The SMILES string of the molecule is COCc1nc(OC)cc(N2CCN(C(=O)c3ccccc3)CC2)n1. The number of anilines is 1. The van der Waals surface area contributed by atoms with E-state index in [1.807, 2.05) is 41.3 Å². The van der Waals surface area contributed by atoms with Gasteiger partial charge in [-0.1, -0.05) is 18.2 Å². The standard InChI is InChI=1S/C18H22N4O3/c1-24-13-15-19-16(12-17(20-15)25-2)21-8-10-22(11-9-21)18(23)14-6-4-3-5-7-14/h3-7,12H,8-11,13H2,1-2H3. The summed E-state index contributed by atoms with van der Waals surface area (Å²) in [5.74, 6) is 1.96. The molecule has 1 aromatic heterocycles. The van der Waals surface area contributed by atoms with Crippen molar-refractivity contribution in [2.75, 3.05) is 45.3 Å². The molecule has 1 fully saturated rings. The molecule has 0 bridgehead atoms. The van der Waals surface area contributed by atoms with E-state index in [-0.39, 0.29) is 5.91 Å². The summed E-state index contributed by atoms with van der Waals surface area (Å²) < 4.78 is 10.4. The molecule has 7 nitrogen and oxygen atoms in total. The highest BCUT2D eigenvalue weighted by Crippen LogP contribution is 2.20. The van der Waals surface area contributed by atoms with Crippen molar-refractivity contribution in [2.45, 2.75) is 6.61 Å². The van der Waals surface area contributed by atoms with Gasteiger partial charge < -0.3 is 19.3 Å². The molecule has 0 atom stereocenters. The molecule has 1 aliphatic heterocycles. The number of amides is 1. The third kappa shape index (κ3) is 4.06. The minimum absolute atomic E-state index is 0.0700. The Hall–Kier alpha value is -2.67. The lowest BCUT2D eigenvalue weighted by molar-refractivity contribution is 0.0746. The first-order valence-corrected chi connectivity index (χ1v) is 8.21. The van der Waals surface area contributed by atoms with Crippen molar-refractivity contribution < 1.29 is 14.3 Å². The molecular formula is C18H22N4O3. The fourth-order valence-corrected chi connectivity index (χ4v) is 2.82. The summed E-state index contributed by atoms with van der Waals surface area (Å²) in [5, 5.41) is 0. The van der Waals surface area contributed by atoms with Crippen molar-refractivity contribution in [1.29, 1.82) is 0 Å². The number of benzene rings is 1. The van der Waals surface area contributed by atoms with Gasteiger partial charge in [0.1, 0.15) is 12.4 Å². The predicted octanol–water partition coefficient (Wildman–Crippen LogP) is 1.59. The van der Waals surface area contributed by atoms with Gasteiger partial charge in [-0.05, 0) is 12.1 Å². The van der Waals surface area contributed by atoms with Crippen LogP contribution in [0.3, 0.4) is 0 Å². The van der Waals surface area contributed by atoms with E-state index in [4.69, 9.17) is 9.47 Å². The number of hydrogen-bond acceptors (Lipinski definition) is 6. The highest BCUT2D eigenvalue weighted by molar-refractivity contribution is 5.94. The highest BCUT2D eigenvalue weighted by Gasteiger charge is 2.23. The minimum atomic E-state index is 0.0700. The smallest absolute Gasteiger partial charge is 0.253 e. The Morgan fingerprint density at radius 3 is 2.44 bits per heavy atom. The van der Waals surface area contributed by atoms with E-state index in [1.165, 1.54) is 0 Å². The first-order valence-electron chi connectivity index (χ1n) is 8.21. The van der Waals surface area contributed by atoms with Crippen LogP contribution in [-0.2, 0) is 11.3 Å². The summed E-state index contributed by atoms with van der Waals surface area (Å²) in [4.78, 5) is 25.3. The second-order valence-corrected chi connectivity index (χ2v) is 5.76. The van der Waals surface area contributed by atoms with Crippen LogP contribution in [0, 0.1) is 0 Å². The van der Waals surface area contributed by atoms with Gasteiger partial charge in [0.25, 0.3) is 5.91 Å². The Morgan fingerprint density at radius 1 is 1.08 bits per heavy atom. The van der Waals surface area contributed by atoms with E-state index in [0.29, 0.717) is 44.5 Å². The first kappa shape index (κ1) is 17.2. The van der Waals surface area contributed by atoms with Crippen molar-refractivity contribution in [3.05, 3.63) is 47.8 Å². The molecule has 0 N–H and O–H groups in total. The number of carbonyl (C=O) groups excluding carboxylic acids is 1. The molecule has 0 saturated carbocycles. The molecule has 1 saturated heterocycles. The average Bonchev–Trinajstić information content (AvgIpc) is 2.68. The van der Waals surface area contributed by atoms with E-state index in [1.54, 1.807) is 14.2 Å². The molecule has 25 heavy (non-hydrogen) atoms. The third-order valence-electron chi connectivity index (χ3n) is 4.13. The van der Waals surface area contributed by atoms with Gasteiger partial charge in [-0.3, -0.25) is 4.79 Å². The minimum Gasteiger partial charge on any atom is -0.481 e. The van der Waals surface area contributed by atoms with Gasteiger partial charge in [-0.25, -0.2) is 4.98 Å². The Bertz CT molecular complexity index is 716. The fourth-order valence-electron chi connectivity index (χ4n) is 2.82. The monoisotopic (exact) mass is 342 g/mol. The molecule has 0 aliphatic carbocycles. The third-order valence-corrected chi connectivity index (χ3v) is 4.13. The Labute approximate surface area is 147 Å². The second kappa shape index (κ2) is 7.94.